The van der Waals surface area contributed by atoms with E-state index < -0.39 is 10.0 Å². The van der Waals surface area contributed by atoms with E-state index in [1.165, 1.54) is 17.4 Å². The van der Waals surface area contributed by atoms with Crippen molar-refractivity contribution < 1.29 is 17.9 Å². The molecule has 0 atom stereocenters. The fourth-order valence-corrected chi connectivity index (χ4v) is 4.16. The zero-order valence-electron chi connectivity index (χ0n) is 9.88. The van der Waals surface area contributed by atoms with E-state index in [9.17, 15) is 8.42 Å². The van der Waals surface area contributed by atoms with Crippen LogP contribution in [-0.4, -0.2) is 18.5 Å². The molecule has 9 heteroatoms. The molecule has 0 aliphatic rings. The molecule has 0 radical (unpaired) electrons. The molecule has 0 spiro atoms. The number of nitrogens with one attached hydrogen (secondary N) is 1. The van der Waals surface area contributed by atoms with Crippen LogP contribution in [0.4, 0.5) is 0 Å². The lowest BCUT2D eigenvalue weighted by molar-refractivity contribution is 0.245. The van der Waals surface area contributed by atoms with Gasteiger partial charge in [0.2, 0.25) is 10.0 Å². The van der Waals surface area contributed by atoms with Crippen LogP contribution in [0.3, 0.4) is 0 Å². The number of aromatic nitrogens is 1. The number of aliphatic hydroxyl groups excluding tert-OH is 1. The second-order valence-corrected chi connectivity index (χ2v) is 7.11. The monoisotopic (exact) mass is 366 g/mol. The Bertz CT molecular complexity index is 678. The summed E-state index contributed by atoms with van der Waals surface area (Å²) in [5, 5.41) is 11.4. The van der Waals surface area contributed by atoms with Gasteiger partial charge in [0.25, 0.3) is 0 Å². The largest absolute Gasteiger partial charge is 0.450 e. The van der Waals surface area contributed by atoms with Gasteiger partial charge in [-0.3, -0.25) is 0 Å². The third kappa shape index (κ3) is 3.42. The Morgan fingerprint density at radius 3 is 2.84 bits per heavy atom. The number of thiazole rings is 1. The fourth-order valence-electron chi connectivity index (χ4n) is 1.38. The Balaban J connectivity index is 2.15. The van der Waals surface area contributed by atoms with Gasteiger partial charge in [-0.1, -0.05) is 0 Å². The summed E-state index contributed by atoms with van der Waals surface area (Å²) in [7, 11) is -3.70. The standard InChI is InChI=1S/C10H11BrN2O4S2/c1-6-5-18-9(13-6)3-12-19(15,16)8-2-7(4-14)17-10(8)11/h2,5,12,14H,3-4H2,1H3. The summed E-state index contributed by atoms with van der Waals surface area (Å²) in [6, 6.07) is 1.28. The van der Waals surface area contributed by atoms with E-state index in [1.54, 1.807) is 0 Å². The molecule has 0 amide bonds. The Labute approximate surface area is 122 Å². The SMILES string of the molecule is Cc1csc(CNS(=O)(=O)c2cc(CO)oc2Br)n1. The van der Waals surface area contributed by atoms with Crippen LogP contribution in [0.2, 0.25) is 0 Å². The Kier molecular flexibility index (Phi) is 4.41. The van der Waals surface area contributed by atoms with Crippen molar-refractivity contribution in [2.45, 2.75) is 25.0 Å². The molecule has 2 heterocycles. The van der Waals surface area contributed by atoms with E-state index in [-0.39, 0.29) is 28.5 Å². The summed E-state index contributed by atoms with van der Waals surface area (Å²) < 4.78 is 31.7. The Hall–Kier alpha value is -0.740. The number of hydrogen-bond donors (Lipinski definition) is 2. The van der Waals surface area contributed by atoms with Crippen LogP contribution >= 0.6 is 27.3 Å². The third-order valence-corrected chi connectivity index (χ3v) is 5.46. The average molecular weight is 367 g/mol. The predicted molar refractivity (Wildman–Crippen MR) is 73.2 cm³/mol. The van der Waals surface area contributed by atoms with Gasteiger partial charge < -0.3 is 9.52 Å². The number of aryl methyl sites for hydroxylation is 1. The molecule has 0 saturated heterocycles. The van der Waals surface area contributed by atoms with Crippen molar-refractivity contribution in [1.29, 1.82) is 0 Å². The lowest BCUT2D eigenvalue weighted by atomic mass is 10.5. The number of furan rings is 1. The normalized spacial score (nSPS) is 11.9. The highest BCUT2D eigenvalue weighted by Crippen LogP contribution is 2.26. The molecule has 0 fully saturated rings. The first-order valence-electron chi connectivity index (χ1n) is 5.22. The molecular weight excluding hydrogens is 356 g/mol. The maximum Gasteiger partial charge on any atom is 0.245 e. The molecule has 0 unspecified atom stereocenters. The second kappa shape index (κ2) is 5.71. The van der Waals surface area contributed by atoms with Crippen LogP contribution in [-0.2, 0) is 23.2 Å². The van der Waals surface area contributed by atoms with Gasteiger partial charge in [-0.05, 0) is 22.9 Å². The third-order valence-electron chi connectivity index (χ3n) is 2.23. The molecule has 2 aromatic heterocycles. The van der Waals surface area contributed by atoms with Gasteiger partial charge in [0.15, 0.2) is 4.67 Å². The van der Waals surface area contributed by atoms with Crippen molar-refractivity contribution in [2.24, 2.45) is 0 Å². The van der Waals surface area contributed by atoms with Gasteiger partial charge in [0, 0.05) is 17.1 Å². The highest BCUT2D eigenvalue weighted by atomic mass is 79.9. The van der Waals surface area contributed by atoms with Gasteiger partial charge in [0.1, 0.15) is 22.3 Å². The Morgan fingerprint density at radius 1 is 1.58 bits per heavy atom. The fraction of sp³-hybridized carbons (Fsp3) is 0.300. The summed E-state index contributed by atoms with van der Waals surface area (Å²) >= 11 is 4.40. The topological polar surface area (TPSA) is 92.4 Å². The first kappa shape index (κ1) is 14.7. The van der Waals surface area contributed by atoms with Crippen LogP contribution in [0.15, 0.2) is 25.4 Å². The summed E-state index contributed by atoms with van der Waals surface area (Å²) in [5.41, 5.74) is 0.853. The lowest BCUT2D eigenvalue weighted by Crippen LogP contribution is -2.23. The van der Waals surface area contributed by atoms with Crippen molar-refractivity contribution in [3.05, 3.63) is 32.6 Å². The molecule has 2 rings (SSSR count). The zero-order valence-corrected chi connectivity index (χ0v) is 13.1. The zero-order chi connectivity index (χ0) is 14.0. The lowest BCUT2D eigenvalue weighted by Gasteiger charge is -2.02. The van der Waals surface area contributed by atoms with Crippen LogP contribution in [0.25, 0.3) is 0 Å². The number of rotatable bonds is 5. The number of sulfonamides is 1. The van der Waals surface area contributed by atoms with Crippen molar-refractivity contribution in [3.8, 4) is 0 Å². The van der Waals surface area contributed by atoms with Crippen molar-refractivity contribution in [3.63, 3.8) is 0 Å². The number of aliphatic hydroxyl groups is 1. The van der Waals surface area contributed by atoms with Gasteiger partial charge in [0.05, 0.1) is 6.54 Å². The smallest absolute Gasteiger partial charge is 0.245 e. The minimum absolute atomic E-state index is 0.0372. The number of nitrogens with zero attached hydrogens (tertiary/aromatic N) is 1. The molecule has 0 aromatic carbocycles. The minimum Gasteiger partial charge on any atom is -0.450 e. The van der Waals surface area contributed by atoms with Crippen molar-refractivity contribution >= 4 is 37.3 Å². The maximum absolute atomic E-state index is 12.1. The molecule has 0 aliphatic carbocycles. The van der Waals surface area contributed by atoms with Crippen LogP contribution < -0.4 is 4.72 Å². The van der Waals surface area contributed by atoms with Crippen LogP contribution in [0, 0.1) is 6.92 Å². The molecule has 2 N–H and O–H groups in total. The summed E-state index contributed by atoms with van der Waals surface area (Å²) in [6.07, 6.45) is 0. The van der Waals surface area contributed by atoms with E-state index in [0.717, 1.165) is 5.69 Å². The van der Waals surface area contributed by atoms with Crippen molar-refractivity contribution in [2.75, 3.05) is 0 Å². The highest BCUT2D eigenvalue weighted by molar-refractivity contribution is 9.10. The molecule has 104 valence electrons. The quantitative estimate of drug-likeness (QED) is 0.841. The molecule has 6 nitrogen and oxygen atoms in total. The number of halogens is 1. The van der Waals surface area contributed by atoms with Gasteiger partial charge >= 0.3 is 0 Å². The second-order valence-electron chi connectivity index (χ2n) is 3.72. The molecular formula is C10H11BrN2O4S2. The number of hydrogen-bond acceptors (Lipinski definition) is 6. The van der Waals surface area contributed by atoms with E-state index in [1.807, 2.05) is 12.3 Å². The van der Waals surface area contributed by atoms with Gasteiger partial charge in [-0.25, -0.2) is 18.1 Å². The summed E-state index contributed by atoms with van der Waals surface area (Å²) in [4.78, 5) is 4.13. The molecule has 0 bridgehead atoms. The highest BCUT2D eigenvalue weighted by Gasteiger charge is 2.22. The summed E-state index contributed by atoms with van der Waals surface area (Å²) in [6.45, 7) is 1.60. The molecule has 0 aliphatic heterocycles. The first-order chi connectivity index (χ1) is 8.92. The average Bonchev–Trinajstić information content (AvgIpc) is 2.93. The molecule has 19 heavy (non-hydrogen) atoms. The minimum atomic E-state index is -3.70. The van der Waals surface area contributed by atoms with Gasteiger partial charge in [-0.15, -0.1) is 11.3 Å². The van der Waals surface area contributed by atoms with Crippen LogP contribution in [0.5, 0.6) is 0 Å². The first-order valence-corrected chi connectivity index (χ1v) is 8.37. The van der Waals surface area contributed by atoms with E-state index in [0.29, 0.717) is 5.01 Å². The van der Waals surface area contributed by atoms with E-state index in [4.69, 9.17) is 9.52 Å². The van der Waals surface area contributed by atoms with E-state index in [2.05, 4.69) is 25.6 Å². The maximum atomic E-state index is 12.1. The van der Waals surface area contributed by atoms with Gasteiger partial charge in [-0.2, -0.15) is 0 Å². The molecule has 2 aromatic rings. The molecule has 0 saturated carbocycles. The Morgan fingerprint density at radius 2 is 2.32 bits per heavy atom. The van der Waals surface area contributed by atoms with Crippen molar-refractivity contribution in [1.82, 2.24) is 9.71 Å². The van der Waals surface area contributed by atoms with E-state index >= 15 is 0 Å². The summed E-state index contributed by atoms with van der Waals surface area (Å²) in [5.74, 6) is 0.178. The predicted octanol–water partition coefficient (Wildman–Crippen LogP) is 1.78. The van der Waals surface area contributed by atoms with Crippen LogP contribution in [0.1, 0.15) is 16.5 Å².